The molecule has 1 fully saturated rings. The number of aromatic nitrogens is 1. The van der Waals surface area contributed by atoms with Crippen LogP contribution in [0.25, 0.3) is 0 Å². The Morgan fingerprint density at radius 2 is 1.85 bits per heavy atom. The van der Waals surface area contributed by atoms with E-state index in [-0.39, 0.29) is 23.1 Å². The highest BCUT2D eigenvalue weighted by atomic mass is 35.5. The van der Waals surface area contributed by atoms with Gasteiger partial charge in [-0.25, -0.2) is 0 Å². The predicted molar refractivity (Wildman–Crippen MR) is 95.0 cm³/mol. The molecule has 8 heteroatoms. The molecule has 0 bridgehead atoms. The third kappa shape index (κ3) is 4.71. The van der Waals surface area contributed by atoms with Gasteiger partial charge in [0.15, 0.2) is 0 Å². The molecule has 0 radical (unpaired) electrons. The first-order valence-electron chi connectivity index (χ1n) is 8.49. The molecule has 2 heterocycles. The predicted octanol–water partition coefficient (Wildman–Crippen LogP) is 4.75. The van der Waals surface area contributed by atoms with Crippen LogP contribution in [0.2, 0.25) is 5.02 Å². The van der Waals surface area contributed by atoms with E-state index in [2.05, 4.69) is 4.98 Å². The van der Waals surface area contributed by atoms with Crippen molar-refractivity contribution in [1.82, 2.24) is 9.88 Å². The molecule has 2 aromatic rings. The van der Waals surface area contributed by atoms with Crippen LogP contribution in [0.3, 0.4) is 0 Å². The summed E-state index contributed by atoms with van der Waals surface area (Å²) < 4.78 is 44.0. The maximum Gasteiger partial charge on any atom is 0.433 e. The summed E-state index contributed by atoms with van der Waals surface area (Å²) in [6.45, 7) is 2.43. The first-order valence-corrected chi connectivity index (χ1v) is 8.87. The quantitative estimate of drug-likeness (QED) is 0.749. The zero-order chi connectivity index (χ0) is 19.6. The lowest BCUT2D eigenvalue weighted by Crippen LogP contribution is -2.42. The van der Waals surface area contributed by atoms with Crippen LogP contribution in [0.5, 0.6) is 5.75 Å². The Morgan fingerprint density at radius 1 is 1.22 bits per heavy atom. The van der Waals surface area contributed by atoms with Gasteiger partial charge >= 0.3 is 6.18 Å². The monoisotopic (exact) mass is 398 g/mol. The van der Waals surface area contributed by atoms with E-state index in [0.29, 0.717) is 36.7 Å². The van der Waals surface area contributed by atoms with Gasteiger partial charge in [-0.3, -0.25) is 9.78 Å². The van der Waals surface area contributed by atoms with Crippen molar-refractivity contribution in [3.63, 3.8) is 0 Å². The molecule has 3 rings (SSSR count). The van der Waals surface area contributed by atoms with Crippen molar-refractivity contribution in [2.45, 2.75) is 32.0 Å². The van der Waals surface area contributed by atoms with Crippen LogP contribution in [0.15, 0.2) is 36.5 Å². The number of benzene rings is 1. The van der Waals surface area contributed by atoms with E-state index in [1.54, 1.807) is 29.2 Å². The Bertz CT molecular complexity index is 817. The van der Waals surface area contributed by atoms with E-state index >= 15 is 0 Å². The molecule has 1 aliphatic rings. The van der Waals surface area contributed by atoms with Gasteiger partial charge in [-0.15, -0.1) is 0 Å². The minimum absolute atomic E-state index is 0.0259. The summed E-state index contributed by atoms with van der Waals surface area (Å²) in [4.78, 5) is 17.7. The van der Waals surface area contributed by atoms with Gasteiger partial charge in [0.25, 0.3) is 5.91 Å². The van der Waals surface area contributed by atoms with Crippen molar-refractivity contribution < 1.29 is 22.7 Å². The van der Waals surface area contributed by atoms with E-state index in [0.717, 1.165) is 12.3 Å². The molecule has 0 saturated carbocycles. The molecular weight excluding hydrogens is 381 g/mol. The summed E-state index contributed by atoms with van der Waals surface area (Å²) >= 11 is 5.85. The van der Waals surface area contributed by atoms with Gasteiger partial charge in [0.05, 0.1) is 5.56 Å². The molecule has 0 aliphatic carbocycles. The number of likely N-dealkylation sites (tertiary alicyclic amines) is 1. The van der Waals surface area contributed by atoms with Gasteiger partial charge < -0.3 is 9.64 Å². The van der Waals surface area contributed by atoms with Crippen LogP contribution in [-0.2, 0) is 6.18 Å². The van der Waals surface area contributed by atoms with Crippen molar-refractivity contribution in [3.8, 4) is 5.75 Å². The molecule has 1 aliphatic heterocycles. The number of halogens is 4. The summed E-state index contributed by atoms with van der Waals surface area (Å²) in [5, 5.41) is 0.628. The molecule has 1 aromatic carbocycles. The molecule has 27 heavy (non-hydrogen) atoms. The number of pyridine rings is 1. The minimum Gasteiger partial charge on any atom is -0.490 e. The highest BCUT2D eigenvalue weighted by Crippen LogP contribution is 2.29. The molecule has 4 nitrogen and oxygen atoms in total. The fourth-order valence-corrected chi connectivity index (χ4v) is 3.11. The minimum atomic E-state index is -4.52. The summed E-state index contributed by atoms with van der Waals surface area (Å²) in [5.41, 5.74) is -0.534. The maximum atomic E-state index is 12.7. The Labute approximate surface area is 159 Å². The number of piperidine rings is 1. The molecule has 1 saturated heterocycles. The Morgan fingerprint density at radius 3 is 2.41 bits per heavy atom. The molecule has 0 atom stereocenters. The zero-order valence-electron chi connectivity index (χ0n) is 14.6. The Kier molecular flexibility index (Phi) is 5.60. The lowest BCUT2D eigenvalue weighted by Gasteiger charge is -2.32. The zero-order valence-corrected chi connectivity index (χ0v) is 15.3. The second-order valence-corrected chi connectivity index (χ2v) is 6.88. The van der Waals surface area contributed by atoms with E-state index in [1.807, 2.05) is 0 Å². The lowest BCUT2D eigenvalue weighted by atomic mass is 10.0. The van der Waals surface area contributed by atoms with Crippen LogP contribution < -0.4 is 4.74 Å². The highest BCUT2D eigenvalue weighted by molar-refractivity contribution is 6.30. The largest absolute Gasteiger partial charge is 0.490 e. The summed E-state index contributed by atoms with van der Waals surface area (Å²) in [6.07, 6.45) is -2.26. The van der Waals surface area contributed by atoms with Gasteiger partial charge in [0.1, 0.15) is 17.5 Å². The average Bonchev–Trinajstić information content (AvgIpc) is 2.63. The fraction of sp³-hybridized carbons (Fsp3) is 0.368. The van der Waals surface area contributed by atoms with E-state index < -0.39 is 11.9 Å². The normalized spacial score (nSPS) is 15.7. The second kappa shape index (κ2) is 7.76. The number of rotatable bonds is 3. The first-order chi connectivity index (χ1) is 12.7. The van der Waals surface area contributed by atoms with Crippen molar-refractivity contribution in [2.24, 2.45) is 0 Å². The highest BCUT2D eigenvalue weighted by Gasteiger charge is 2.33. The van der Waals surface area contributed by atoms with E-state index in [9.17, 15) is 18.0 Å². The van der Waals surface area contributed by atoms with Crippen LogP contribution in [0.4, 0.5) is 13.2 Å². The number of hydrogen-bond donors (Lipinski definition) is 0. The van der Waals surface area contributed by atoms with E-state index in [4.69, 9.17) is 16.3 Å². The van der Waals surface area contributed by atoms with Crippen LogP contribution in [0.1, 0.15) is 34.5 Å². The van der Waals surface area contributed by atoms with E-state index in [1.165, 1.54) is 6.92 Å². The molecule has 0 N–H and O–H groups in total. The maximum absolute atomic E-state index is 12.7. The molecular formula is C19H18ClF3N2O2. The van der Waals surface area contributed by atoms with Gasteiger partial charge in [0, 0.05) is 37.2 Å². The SMILES string of the molecule is Cc1cc(C(F)(F)F)ncc1C(=O)N1CCC(Oc2ccc(Cl)cc2)CC1. The topological polar surface area (TPSA) is 42.4 Å². The number of ether oxygens (including phenoxy) is 1. The number of aryl methyl sites for hydroxylation is 1. The first kappa shape index (κ1) is 19.5. The molecule has 1 amide bonds. The van der Waals surface area contributed by atoms with Crippen LogP contribution in [-0.4, -0.2) is 35.0 Å². The fourth-order valence-electron chi connectivity index (χ4n) is 2.99. The number of carbonyl (C=O) groups excluding carboxylic acids is 1. The van der Waals surface area contributed by atoms with Gasteiger partial charge in [0.2, 0.25) is 0 Å². The van der Waals surface area contributed by atoms with Crippen molar-refractivity contribution in [1.29, 1.82) is 0 Å². The van der Waals surface area contributed by atoms with Crippen molar-refractivity contribution >= 4 is 17.5 Å². The smallest absolute Gasteiger partial charge is 0.433 e. The molecule has 0 spiro atoms. The number of nitrogens with zero attached hydrogens (tertiary/aromatic N) is 2. The average molecular weight is 399 g/mol. The molecule has 0 unspecified atom stereocenters. The number of alkyl halides is 3. The third-order valence-corrected chi connectivity index (χ3v) is 4.73. The lowest BCUT2D eigenvalue weighted by molar-refractivity contribution is -0.141. The Hall–Kier alpha value is -2.28. The van der Waals surface area contributed by atoms with Crippen LogP contribution >= 0.6 is 11.6 Å². The Balaban J connectivity index is 1.60. The second-order valence-electron chi connectivity index (χ2n) is 6.45. The standard InChI is InChI=1S/C19H18ClF3N2O2/c1-12-10-17(19(21,22)23)24-11-16(12)18(26)25-8-6-15(7-9-25)27-14-4-2-13(20)3-5-14/h2-5,10-11,15H,6-9H2,1H3. The van der Waals surface area contributed by atoms with Crippen molar-refractivity contribution in [3.05, 3.63) is 58.4 Å². The molecule has 144 valence electrons. The molecule has 1 aromatic heterocycles. The summed E-state index contributed by atoms with van der Waals surface area (Å²) in [6, 6.07) is 7.98. The number of hydrogen-bond acceptors (Lipinski definition) is 3. The number of carbonyl (C=O) groups is 1. The summed E-state index contributed by atoms with van der Waals surface area (Å²) in [5.74, 6) is 0.408. The van der Waals surface area contributed by atoms with Gasteiger partial charge in [-0.2, -0.15) is 13.2 Å². The third-order valence-electron chi connectivity index (χ3n) is 4.48. The van der Waals surface area contributed by atoms with Crippen LogP contribution in [0, 0.1) is 6.92 Å². The summed E-state index contributed by atoms with van der Waals surface area (Å²) in [7, 11) is 0. The van der Waals surface area contributed by atoms with Gasteiger partial charge in [-0.1, -0.05) is 11.6 Å². The van der Waals surface area contributed by atoms with Crippen molar-refractivity contribution in [2.75, 3.05) is 13.1 Å². The number of amides is 1. The van der Waals surface area contributed by atoms with Gasteiger partial charge in [-0.05, 0) is 42.8 Å².